The minimum Gasteiger partial charge on any atom is -0.368 e. The Morgan fingerprint density at radius 1 is 0.967 bits per heavy atom. The summed E-state index contributed by atoms with van der Waals surface area (Å²) in [6.45, 7) is 0.303. The summed E-state index contributed by atoms with van der Waals surface area (Å²) in [4.78, 5) is 1.81. The first-order valence-corrected chi connectivity index (χ1v) is 11.2. The summed E-state index contributed by atoms with van der Waals surface area (Å²) in [6, 6.07) is 17.8. The number of fused-ring (bicyclic) bond motifs is 1. The molecule has 0 aliphatic carbocycles. The molecule has 0 unspecified atom stereocenters. The smallest absolute Gasteiger partial charge is 0.268 e. The van der Waals surface area contributed by atoms with Crippen molar-refractivity contribution in [2.75, 3.05) is 11.9 Å². The number of hydrogen-bond donors (Lipinski definition) is 0. The van der Waals surface area contributed by atoms with Crippen LogP contribution in [0.25, 0.3) is 10.9 Å². The van der Waals surface area contributed by atoms with Gasteiger partial charge in [-0.3, -0.25) is 0 Å². The van der Waals surface area contributed by atoms with Gasteiger partial charge in [0.05, 0.1) is 16.1 Å². The average molecular weight is 463 g/mol. The lowest BCUT2D eigenvalue weighted by atomic mass is 10.1. The molecule has 4 aromatic rings. The first kappa shape index (κ1) is 20.7. The fraction of sp³-hybridized carbons (Fsp3) is 0.0909. The van der Waals surface area contributed by atoms with Crippen molar-refractivity contribution in [2.24, 2.45) is 0 Å². The van der Waals surface area contributed by atoms with E-state index in [4.69, 9.17) is 23.2 Å². The summed E-state index contributed by atoms with van der Waals surface area (Å²) in [5.74, 6) is -0.444. The summed E-state index contributed by atoms with van der Waals surface area (Å²) in [5, 5.41) is 1.42. The Labute approximate surface area is 184 Å². The number of para-hydroxylation sites is 1. The van der Waals surface area contributed by atoms with Crippen molar-refractivity contribution >= 4 is 49.8 Å². The molecule has 3 aromatic carbocycles. The van der Waals surface area contributed by atoms with Crippen LogP contribution in [0.15, 0.2) is 77.8 Å². The second kappa shape index (κ2) is 7.95. The number of hydrogen-bond acceptors (Lipinski definition) is 3. The van der Waals surface area contributed by atoms with Crippen LogP contribution in [0.4, 0.5) is 10.1 Å². The number of anilines is 1. The van der Waals surface area contributed by atoms with Crippen LogP contribution in [0.3, 0.4) is 0 Å². The minimum absolute atomic E-state index is 0.0967. The molecule has 154 valence electrons. The maximum atomic E-state index is 14.3. The molecule has 4 nitrogen and oxygen atoms in total. The highest BCUT2D eigenvalue weighted by atomic mass is 35.5. The van der Waals surface area contributed by atoms with E-state index in [1.54, 1.807) is 54.5 Å². The maximum absolute atomic E-state index is 14.3. The molecule has 0 radical (unpaired) electrons. The Balaban J connectivity index is 1.80. The van der Waals surface area contributed by atoms with Gasteiger partial charge in [-0.2, -0.15) is 0 Å². The van der Waals surface area contributed by atoms with Crippen LogP contribution in [0.1, 0.15) is 5.56 Å². The molecule has 1 heterocycles. The van der Waals surface area contributed by atoms with E-state index in [1.807, 2.05) is 12.1 Å². The third-order valence-electron chi connectivity index (χ3n) is 4.84. The van der Waals surface area contributed by atoms with Gasteiger partial charge in [-0.05, 0) is 48.0 Å². The van der Waals surface area contributed by atoms with Gasteiger partial charge >= 0.3 is 0 Å². The molecule has 8 heteroatoms. The molecule has 0 spiro atoms. The zero-order chi connectivity index (χ0) is 21.5. The number of nitrogens with zero attached hydrogens (tertiary/aromatic N) is 2. The third kappa shape index (κ3) is 3.78. The fourth-order valence-electron chi connectivity index (χ4n) is 3.42. The Bertz CT molecular complexity index is 1350. The van der Waals surface area contributed by atoms with Crippen molar-refractivity contribution in [3.8, 4) is 0 Å². The number of rotatable bonds is 5. The zero-order valence-electron chi connectivity index (χ0n) is 15.9. The fourth-order valence-corrected chi connectivity index (χ4v) is 5.27. The zero-order valence-corrected chi connectivity index (χ0v) is 18.2. The Hall–Kier alpha value is -2.54. The van der Waals surface area contributed by atoms with Crippen molar-refractivity contribution in [2.45, 2.75) is 11.4 Å². The normalized spacial score (nSPS) is 11.7. The molecule has 0 bridgehead atoms. The SMILES string of the molecule is CN(Cc1cn(S(=O)(=O)c2cccc(Cl)c2)c2ccccc12)c1ccc(Cl)cc1F. The van der Waals surface area contributed by atoms with Crippen LogP contribution in [0.5, 0.6) is 0 Å². The highest BCUT2D eigenvalue weighted by Gasteiger charge is 2.22. The van der Waals surface area contributed by atoms with Crippen LogP contribution < -0.4 is 4.90 Å². The van der Waals surface area contributed by atoms with Crippen molar-refractivity contribution in [1.29, 1.82) is 0 Å². The van der Waals surface area contributed by atoms with Gasteiger partial charge in [-0.15, -0.1) is 0 Å². The number of benzene rings is 3. The summed E-state index contributed by atoms with van der Waals surface area (Å²) in [5.41, 5.74) is 1.65. The standard InChI is InChI=1S/C22H17Cl2FN2O2S/c1-26(22-10-9-17(24)12-20(22)25)13-15-14-27(21-8-3-2-7-19(15)21)30(28,29)18-6-4-5-16(23)11-18/h2-12,14H,13H2,1H3. The monoisotopic (exact) mass is 462 g/mol. The van der Waals surface area contributed by atoms with E-state index < -0.39 is 15.8 Å². The number of halogens is 3. The van der Waals surface area contributed by atoms with Crippen LogP contribution in [0.2, 0.25) is 10.0 Å². The summed E-state index contributed by atoms with van der Waals surface area (Å²) < 4.78 is 42.1. The van der Waals surface area contributed by atoms with Gasteiger partial charge in [0.2, 0.25) is 0 Å². The Kier molecular flexibility index (Phi) is 5.49. The largest absolute Gasteiger partial charge is 0.368 e. The van der Waals surface area contributed by atoms with Crippen molar-refractivity contribution in [3.05, 3.63) is 94.4 Å². The first-order chi connectivity index (χ1) is 14.3. The molecular weight excluding hydrogens is 446 g/mol. The first-order valence-electron chi connectivity index (χ1n) is 9.03. The van der Waals surface area contributed by atoms with Gasteiger partial charge < -0.3 is 4.90 Å². The molecule has 30 heavy (non-hydrogen) atoms. The van der Waals surface area contributed by atoms with Gasteiger partial charge in [0.25, 0.3) is 10.0 Å². The van der Waals surface area contributed by atoms with Gasteiger partial charge in [-0.1, -0.05) is 47.5 Å². The second-order valence-corrected chi connectivity index (χ2v) is 9.57. The molecule has 4 rings (SSSR count). The van der Waals surface area contributed by atoms with Gasteiger partial charge in [0.1, 0.15) is 5.82 Å². The highest BCUT2D eigenvalue weighted by molar-refractivity contribution is 7.90. The highest BCUT2D eigenvalue weighted by Crippen LogP contribution is 2.29. The van der Waals surface area contributed by atoms with E-state index >= 15 is 0 Å². The van der Waals surface area contributed by atoms with Crippen LogP contribution in [0, 0.1) is 5.82 Å². The van der Waals surface area contributed by atoms with Crippen molar-refractivity contribution in [1.82, 2.24) is 3.97 Å². The maximum Gasteiger partial charge on any atom is 0.268 e. The summed E-state index contributed by atoms with van der Waals surface area (Å²) >= 11 is 11.8. The van der Waals surface area contributed by atoms with E-state index in [0.29, 0.717) is 27.8 Å². The quantitative estimate of drug-likeness (QED) is 0.367. The predicted octanol–water partition coefficient (Wildman–Crippen LogP) is 5.96. The van der Waals surface area contributed by atoms with Crippen molar-refractivity contribution < 1.29 is 12.8 Å². The van der Waals surface area contributed by atoms with E-state index in [0.717, 1.165) is 10.9 Å². The second-order valence-electron chi connectivity index (χ2n) is 6.88. The van der Waals surface area contributed by atoms with Crippen LogP contribution in [-0.4, -0.2) is 19.4 Å². The molecular formula is C22H17Cl2FN2O2S. The van der Waals surface area contributed by atoms with E-state index in [1.165, 1.54) is 22.2 Å². The molecule has 1 aromatic heterocycles. The molecule has 0 saturated heterocycles. The minimum atomic E-state index is -3.86. The molecule has 0 aliphatic heterocycles. The lowest BCUT2D eigenvalue weighted by molar-refractivity contribution is 0.589. The van der Waals surface area contributed by atoms with Gasteiger partial charge in [0, 0.05) is 35.2 Å². The van der Waals surface area contributed by atoms with E-state index in [2.05, 4.69) is 0 Å². The van der Waals surface area contributed by atoms with Gasteiger partial charge in [0.15, 0.2) is 0 Å². The topological polar surface area (TPSA) is 42.3 Å². The molecule has 0 saturated carbocycles. The molecule has 0 aliphatic rings. The van der Waals surface area contributed by atoms with E-state index in [9.17, 15) is 12.8 Å². The van der Waals surface area contributed by atoms with Crippen molar-refractivity contribution in [3.63, 3.8) is 0 Å². The summed E-state index contributed by atoms with van der Waals surface area (Å²) in [7, 11) is -2.12. The van der Waals surface area contributed by atoms with Crippen LogP contribution >= 0.6 is 23.2 Å². The Morgan fingerprint density at radius 2 is 1.70 bits per heavy atom. The molecule has 0 N–H and O–H groups in total. The third-order valence-corrected chi connectivity index (χ3v) is 6.98. The van der Waals surface area contributed by atoms with E-state index in [-0.39, 0.29) is 4.90 Å². The lowest BCUT2D eigenvalue weighted by Crippen LogP contribution is -2.17. The molecule has 0 amide bonds. The van der Waals surface area contributed by atoms with Gasteiger partial charge in [-0.25, -0.2) is 16.8 Å². The Morgan fingerprint density at radius 3 is 2.43 bits per heavy atom. The van der Waals surface area contributed by atoms with Crippen LogP contribution in [-0.2, 0) is 16.6 Å². The number of aromatic nitrogens is 1. The predicted molar refractivity (Wildman–Crippen MR) is 119 cm³/mol. The molecule has 0 fully saturated rings. The lowest BCUT2D eigenvalue weighted by Gasteiger charge is -2.19. The molecule has 0 atom stereocenters. The average Bonchev–Trinajstić information content (AvgIpc) is 3.07. The summed E-state index contributed by atoms with van der Waals surface area (Å²) in [6.07, 6.45) is 1.57.